The van der Waals surface area contributed by atoms with Gasteiger partial charge in [0.15, 0.2) is 5.69 Å². The van der Waals surface area contributed by atoms with Crippen LogP contribution in [-0.2, 0) is 6.18 Å². The fourth-order valence-electron chi connectivity index (χ4n) is 1.55. The summed E-state index contributed by atoms with van der Waals surface area (Å²) in [6.45, 7) is 1.72. The molecule has 0 atom stereocenters. The molecule has 1 aromatic heterocycles. The number of aromatic nitrogens is 2. The van der Waals surface area contributed by atoms with Crippen LogP contribution in [0.5, 0.6) is 0 Å². The van der Waals surface area contributed by atoms with Gasteiger partial charge in [0.1, 0.15) is 0 Å². The Morgan fingerprint density at radius 3 is 2.56 bits per heavy atom. The molecule has 0 amide bonds. The highest BCUT2D eigenvalue weighted by atomic mass is 35.5. The minimum Gasteiger partial charge on any atom is -0.398 e. The molecule has 0 spiro atoms. The van der Waals surface area contributed by atoms with E-state index < -0.39 is 11.9 Å². The number of alkyl halides is 3. The van der Waals surface area contributed by atoms with Gasteiger partial charge in [-0.15, -0.1) is 0 Å². The number of hydrogen-bond donors (Lipinski definition) is 1. The van der Waals surface area contributed by atoms with E-state index in [1.54, 1.807) is 13.0 Å². The lowest BCUT2D eigenvalue weighted by atomic mass is 10.2. The van der Waals surface area contributed by atoms with Crippen LogP contribution in [0, 0.1) is 6.92 Å². The van der Waals surface area contributed by atoms with Crippen LogP contribution >= 0.6 is 11.6 Å². The standard InChI is InChI=1S/C11H9ClF3N3/c1-6-4-8(16)7(12)5-9(6)18-3-2-10(17-18)11(13,14)15/h2-5H,16H2,1H3. The fraction of sp³-hybridized carbons (Fsp3) is 0.182. The number of hydrogen-bond acceptors (Lipinski definition) is 2. The molecule has 3 nitrogen and oxygen atoms in total. The Kier molecular flexibility index (Phi) is 2.98. The third kappa shape index (κ3) is 2.28. The highest BCUT2D eigenvalue weighted by molar-refractivity contribution is 6.33. The molecule has 96 valence electrons. The first-order chi connectivity index (χ1) is 8.29. The molecule has 0 aliphatic rings. The lowest BCUT2D eigenvalue weighted by molar-refractivity contribution is -0.141. The quantitative estimate of drug-likeness (QED) is 0.810. The molecule has 0 saturated heterocycles. The number of halogens is 4. The SMILES string of the molecule is Cc1cc(N)c(Cl)cc1-n1ccc(C(F)(F)F)n1. The number of nitrogens with two attached hydrogens (primary N) is 1. The average Bonchev–Trinajstić information content (AvgIpc) is 2.72. The van der Waals surface area contributed by atoms with Gasteiger partial charge in [0.25, 0.3) is 0 Å². The van der Waals surface area contributed by atoms with Gasteiger partial charge < -0.3 is 5.73 Å². The molecule has 0 radical (unpaired) electrons. The predicted molar refractivity (Wildman–Crippen MR) is 62.7 cm³/mol. The van der Waals surface area contributed by atoms with Gasteiger partial charge in [-0.25, -0.2) is 4.68 Å². The van der Waals surface area contributed by atoms with Gasteiger partial charge in [-0.05, 0) is 30.7 Å². The van der Waals surface area contributed by atoms with Crippen molar-refractivity contribution in [1.29, 1.82) is 0 Å². The summed E-state index contributed by atoms with van der Waals surface area (Å²) in [5.41, 5.74) is 6.18. The third-order valence-corrected chi connectivity index (χ3v) is 2.77. The number of rotatable bonds is 1. The fourth-order valence-corrected chi connectivity index (χ4v) is 1.71. The van der Waals surface area contributed by atoms with E-state index in [0.717, 1.165) is 10.7 Å². The Labute approximate surface area is 106 Å². The first-order valence-electron chi connectivity index (χ1n) is 4.98. The van der Waals surface area contributed by atoms with Crippen molar-refractivity contribution in [3.63, 3.8) is 0 Å². The van der Waals surface area contributed by atoms with Gasteiger partial charge in [0, 0.05) is 6.20 Å². The molecule has 1 aromatic carbocycles. The summed E-state index contributed by atoms with van der Waals surface area (Å²) < 4.78 is 38.4. The number of nitrogens with zero attached hydrogens (tertiary/aromatic N) is 2. The number of benzene rings is 1. The van der Waals surface area contributed by atoms with Crippen molar-refractivity contribution < 1.29 is 13.2 Å². The van der Waals surface area contributed by atoms with Crippen molar-refractivity contribution in [2.45, 2.75) is 13.1 Å². The van der Waals surface area contributed by atoms with Crippen LogP contribution in [0.1, 0.15) is 11.3 Å². The molecule has 7 heteroatoms. The summed E-state index contributed by atoms with van der Waals surface area (Å²) >= 11 is 5.84. The lowest BCUT2D eigenvalue weighted by Crippen LogP contribution is -2.07. The Hall–Kier alpha value is -1.69. The minimum absolute atomic E-state index is 0.277. The monoisotopic (exact) mass is 275 g/mol. The van der Waals surface area contributed by atoms with Gasteiger partial charge in [-0.3, -0.25) is 0 Å². The van der Waals surface area contributed by atoms with Gasteiger partial charge in [-0.2, -0.15) is 18.3 Å². The van der Waals surface area contributed by atoms with Crippen molar-refractivity contribution in [1.82, 2.24) is 9.78 Å². The van der Waals surface area contributed by atoms with Gasteiger partial charge in [-0.1, -0.05) is 11.6 Å². The van der Waals surface area contributed by atoms with Crippen molar-refractivity contribution in [2.24, 2.45) is 0 Å². The van der Waals surface area contributed by atoms with Crippen molar-refractivity contribution in [3.05, 3.63) is 40.7 Å². The first-order valence-corrected chi connectivity index (χ1v) is 5.35. The van der Waals surface area contributed by atoms with Gasteiger partial charge in [0.05, 0.1) is 16.4 Å². The van der Waals surface area contributed by atoms with Crippen LogP contribution in [0.4, 0.5) is 18.9 Å². The summed E-state index contributed by atoms with van der Waals surface area (Å²) in [7, 11) is 0. The molecule has 18 heavy (non-hydrogen) atoms. The molecule has 0 fully saturated rings. The zero-order valence-electron chi connectivity index (χ0n) is 9.29. The van der Waals surface area contributed by atoms with E-state index in [1.165, 1.54) is 12.3 Å². The second-order valence-corrected chi connectivity index (χ2v) is 4.21. The zero-order chi connectivity index (χ0) is 13.5. The highest BCUT2D eigenvalue weighted by Crippen LogP contribution is 2.29. The zero-order valence-corrected chi connectivity index (χ0v) is 10.0. The minimum atomic E-state index is -4.46. The predicted octanol–water partition coefficient (Wildman–Crippen LogP) is 3.44. The van der Waals surface area contributed by atoms with Crippen LogP contribution in [0.25, 0.3) is 5.69 Å². The van der Waals surface area contributed by atoms with E-state index in [4.69, 9.17) is 17.3 Å². The van der Waals surface area contributed by atoms with Crippen LogP contribution < -0.4 is 5.73 Å². The Morgan fingerprint density at radius 1 is 1.33 bits per heavy atom. The topological polar surface area (TPSA) is 43.8 Å². The van der Waals surface area contributed by atoms with E-state index in [0.29, 0.717) is 16.9 Å². The normalized spacial score (nSPS) is 11.8. The first kappa shape index (κ1) is 12.8. The second-order valence-electron chi connectivity index (χ2n) is 3.80. The van der Waals surface area contributed by atoms with E-state index in [9.17, 15) is 13.2 Å². The van der Waals surface area contributed by atoms with E-state index in [1.807, 2.05) is 0 Å². The molecule has 0 unspecified atom stereocenters. The van der Waals surface area contributed by atoms with Crippen molar-refractivity contribution >= 4 is 17.3 Å². The maximum absolute atomic E-state index is 12.4. The Bertz CT molecular complexity index is 590. The molecular formula is C11H9ClF3N3. The molecule has 0 aliphatic heterocycles. The largest absolute Gasteiger partial charge is 0.435 e. The molecule has 2 aromatic rings. The highest BCUT2D eigenvalue weighted by Gasteiger charge is 2.33. The number of aryl methyl sites for hydroxylation is 1. The van der Waals surface area contributed by atoms with E-state index >= 15 is 0 Å². The average molecular weight is 276 g/mol. The molecule has 0 bridgehead atoms. The van der Waals surface area contributed by atoms with Crippen LogP contribution in [0.2, 0.25) is 5.02 Å². The van der Waals surface area contributed by atoms with E-state index in [-0.39, 0.29) is 5.02 Å². The lowest BCUT2D eigenvalue weighted by Gasteiger charge is -2.08. The number of nitrogen functional groups attached to an aromatic ring is 1. The molecule has 2 N–H and O–H groups in total. The second kappa shape index (κ2) is 4.20. The summed E-state index contributed by atoms with van der Waals surface area (Å²) in [5.74, 6) is 0. The molecule has 1 heterocycles. The summed E-state index contributed by atoms with van der Waals surface area (Å²) in [4.78, 5) is 0. The van der Waals surface area contributed by atoms with Crippen molar-refractivity contribution in [2.75, 3.05) is 5.73 Å². The Morgan fingerprint density at radius 2 is 2.00 bits per heavy atom. The summed E-state index contributed by atoms with van der Waals surface area (Å²) in [5, 5.41) is 3.75. The van der Waals surface area contributed by atoms with Gasteiger partial charge >= 0.3 is 6.18 Å². The molecular weight excluding hydrogens is 267 g/mol. The Balaban J connectivity index is 2.50. The molecule has 2 rings (SSSR count). The van der Waals surface area contributed by atoms with Crippen LogP contribution in [-0.4, -0.2) is 9.78 Å². The molecule has 0 aliphatic carbocycles. The van der Waals surface area contributed by atoms with Crippen molar-refractivity contribution in [3.8, 4) is 5.69 Å². The summed E-state index contributed by atoms with van der Waals surface area (Å²) in [6.07, 6.45) is -3.23. The molecule has 0 saturated carbocycles. The third-order valence-electron chi connectivity index (χ3n) is 2.44. The maximum Gasteiger partial charge on any atom is 0.435 e. The van der Waals surface area contributed by atoms with Gasteiger partial charge in [0.2, 0.25) is 0 Å². The number of anilines is 1. The summed E-state index contributed by atoms with van der Waals surface area (Å²) in [6, 6.07) is 3.98. The van der Waals surface area contributed by atoms with Crippen LogP contribution in [0.3, 0.4) is 0 Å². The van der Waals surface area contributed by atoms with E-state index in [2.05, 4.69) is 5.10 Å². The smallest absolute Gasteiger partial charge is 0.398 e. The van der Waals surface area contributed by atoms with Crippen LogP contribution in [0.15, 0.2) is 24.4 Å². The maximum atomic E-state index is 12.4.